The molecule has 0 bridgehead atoms. The first-order valence-corrected chi connectivity index (χ1v) is 7.26. The van der Waals surface area contributed by atoms with Gasteiger partial charge in [-0.25, -0.2) is 4.98 Å². The predicted octanol–water partition coefficient (Wildman–Crippen LogP) is 2.79. The second-order valence-electron chi connectivity index (χ2n) is 4.30. The topological polar surface area (TPSA) is 45.1 Å². The Bertz CT molecular complexity index is 373. The lowest BCUT2D eigenvalue weighted by atomic mass is 9.79. The fourth-order valence-corrected chi connectivity index (χ4v) is 3.27. The first-order valence-electron chi connectivity index (χ1n) is 5.83. The minimum atomic E-state index is -0.581. The van der Waals surface area contributed by atoms with Gasteiger partial charge in [0.25, 0.3) is 0 Å². The highest BCUT2D eigenvalue weighted by molar-refractivity contribution is 8.00. The van der Waals surface area contributed by atoms with Crippen LogP contribution in [0.1, 0.15) is 19.8 Å². The molecule has 0 saturated heterocycles. The molecule has 94 valence electrons. The van der Waals surface area contributed by atoms with Crippen LogP contribution in [0.15, 0.2) is 18.3 Å². The Morgan fingerprint density at radius 3 is 3.00 bits per heavy atom. The molecule has 0 aromatic carbocycles. The number of anilines is 1. The Labute approximate surface area is 111 Å². The van der Waals surface area contributed by atoms with Crippen molar-refractivity contribution in [3.05, 3.63) is 23.4 Å². The van der Waals surface area contributed by atoms with Gasteiger partial charge in [-0.1, -0.05) is 18.5 Å². The SMILES string of the molecule is CCSC1CCC1(O)CNc1ccc(Cl)cn1. The lowest BCUT2D eigenvalue weighted by Crippen LogP contribution is -2.54. The lowest BCUT2D eigenvalue weighted by Gasteiger charge is -2.45. The molecule has 0 aliphatic heterocycles. The zero-order chi connectivity index (χ0) is 12.3. The van der Waals surface area contributed by atoms with Crippen LogP contribution in [0, 0.1) is 0 Å². The standard InChI is InChI=1S/C12H17ClN2OS/c1-2-17-10-5-6-12(10,16)8-15-11-4-3-9(13)7-14-11/h3-4,7,10,16H,2,5-6,8H2,1H3,(H,14,15). The molecule has 1 aliphatic carbocycles. The normalized spacial score (nSPS) is 27.6. The largest absolute Gasteiger partial charge is 0.387 e. The van der Waals surface area contributed by atoms with E-state index in [1.54, 1.807) is 12.3 Å². The monoisotopic (exact) mass is 272 g/mol. The van der Waals surface area contributed by atoms with Crippen molar-refractivity contribution < 1.29 is 5.11 Å². The van der Waals surface area contributed by atoms with E-state index in [-0.39, 0.29) is 0 Å². The van der Waals surface area contributed by atoms with Gasteiger partial charge in [0.1, 0.15) is 5.82 Å². The van der Waals surface area contributed by atoms with E-state index >= 15 is 0 Å². The fourth-order valence-electron chi connectivity index (χ4n) is 1.96. The Kier molecular flexibility index (Phi) is 4.17. The number of pyridine rings is 1. The number of hydrogen-bond acceptors (Lipinski definition) is 4. The van der Waals surface area contributed by atoms with E-state index in [0.717, 1.165) is 24.4 Å². The fraction of sp³-hybridized carbons (Fsp3) is 0.583. The van der Waals surface area contributed by atoms with E-state index in [2.05, 4.69) is 17.2 Å². The van der Waals surface area contributed by atoms with Gasteiger partial charge in [-0.15, -0.1) is 0 Å². The Hall–Kier alpha value is -0.450. The third kappa shape index (κ3) is 3.06. The highest BCUT2D eigenvalue weighted by atomic mass is 35.5. The zero-order valence-electron chi connectivity index (χ0n) is 9.82. The number of aromatic nitrogens is 1. The lowest BCUT2D eigenvalue weighted by molar-refractivity contribution is -0.0120. The van der Waals surface area contributed by atoms with E-state index in [1.807, 2.05) is 17.8 Å². The van der Waals surface area contributed by atoms with Gasteiger partial charge in [0.05, 0.1) is 10.6 Å². The maximum atomic E-state index is 10.4. The number of thioether (sulfide) groups is 1. The zero-order valence-corrected chi connectivity index (χ0v) is 11.4. The number of hydrogen-bond donors (Lipinski definition) is 2. The average molecular weight is 273 g/mol. The van der Waals surface area contributed by atoms with Crippen molar-refractivity contribution in [1.29, 1.82) is 0 Å². The number of nitrogens with one attached hydrogen (secondary N) is 1. The van der Waals surface area contributed by atoms with Gasteiger partial charge in [-0.3, -0.25) is 0 Å². The summed E-state index contributed by atoms with van der Waals surface area (Å²) in [7, 11) is 0. The molecule has 2 N–H and O–H groups in total. The third-order valence-electron chi connectivity index (χ3n) is 3.11. The van der Waals surface area contributed by atoms with E-state index in [1.165, 1.54) is 0 Å². The van der Waals surface area contributed by atoms with Crippen molar-refractivity contribution in [3.8, 4) is 0 Å². The van der Waals surface area contributed by atoms with Crippen LogP contribution in [0.5, 0.6) is 0 Å². The summed E-state index contributed by atoms with van der Waals surface area (Å²) in [6.45, 7) is 2.68. The van der Waals surface area contributed by atoms with E-state index in [4.69, 9.17) is 11.6 Å². The van der Waals surface area contributed by atoms with Crippen LogP contribution in [-0.4, -0.2) is 33.2 Å². The summed E-state index contributed by atoms with van der Waals surface area (Å²) in [5.74, 6) is 1.81. The van der Waals surface area contributed by atoms with Crippen molar-refractivity contribution in [2.24, 2.45) is 0 Å². The van der Waals surface area contributed by atoms with Gasteiger partial charge in [0.2, 0.25) is 0 Å². The van der Waals surface area contributed by atoms with Gasteiger partial charge in [-0.05, 0) is 30.7 Å². The smallest absolute Gasteiger partial charge is 0.126 e. The molecular weight excluding hydrogens is 256 g/mol. The Balaban J connectivity index is 1.87. The number of halogens is 1. The van der Waals surface area contributed by atoms with Gasteiger partial charge in [0.15, 0.2) is 0 Å². The number of nitrogens with zero attached hydrogens (tertiary/aromatic N) is 1. The summed E-state index contributed by atoms with van der Waals surface area (Å²) in [4.78, 5) is 4.15. The molecular formula is C12H17ClN2OS. The Morgan fingerprint density at radius 1 is 1.65 bits per heavy atom. The van der Waals surface area contributed by atoms with Crippen LogP contribution < -0.4 is 5.32 Å². The highest BCUT2D eigenvalue weighted by Crippen LogP contribution is 2.41. The summed E-state index contributed by atoms with van der Waals surface area (Å²) in [5, 5.41) is 14.5. The molecule has 2 atom stereocenters. The molecule has 17 heavy (non-hydrogen) atoms. The molecule has 1 aromatic rings. The Morgan fingerprint density at radius 2 is 2.47 bits per heavy atom. The molecule has 2 rings (SSSR count). The van der Waals surface area contributed by atoms with E-state index in [0.29, 0.717) is 16.8 Å². The minimum absolute atomic E-state index is 0.354. The molecule has 5 heteroatoms. The third-order valence-corrected chi connectivity index (χ3v) is 4.74. The summed E-state index contributed by atoms with van der Waals surface area (Å²) >= 11 is 7.59. The van der Waals surface area contributed by atoms with Crippen molar-refractivity contribution in [3.63, 3.8) is 0 Å². The minimum Gasteiger partial charge on any atom is -0.387 e. The van der Waals surface area contributed by atoms with Crippen molar-refractivity contribution in [2.45, 2.75) is 30.6 Å². The highest BCUT2D eigenvalue weighted by Gasteiger charge is 2.44. The summed E-state index contributed by atoms with van der Waals surface area (Å²) in [6.07, 6.45) is 3.57. The maximum Gasteiger partial charge on any atom is 0.126 e. The van der Waals surface area contributed by atoms with E-state index < -0.39 is 5.60 Å². The van der Waals surface area contributed by atoms with Crippen molar-refractivity contribution in [1.82, 2.24) is 4.98 Å². The average Bonchev–Trinajstić information content (AvgIpc) is 2.33. The summed E-state index contributed by atoms with van der Waals surface area (Å²) < 4.78 is 0. The molecule has 0 spiro atoms. The molecule has 1 saturated carbocycles. The van der Waals surface area contributed by atoms with Crippen molar-refractivity contribution in [2.75, 3.05) is 17.6 Å². The quantitative estimate of drug-likeness (QED) is 0.865. The maximum absolute atomic E-state index is 10.4. The van der Waals surface area contributed by atoms with Crippen LogP contribution in [0.3, 0.4) is 0 Å². The second kappa shape index (κ2) is 5.46. The number of aliphatic hydroxyl groups is 1. The summed E-state index contributed by atoms with van der Waals surface area (Å²) in [5.41, 5.74) is -0.581. The van der Waals surface area contributed by atoms with Gasteiger partial charge < -0.3 is 10.4 Å². The predicted molar refractivity (Wildman–Crippen MR) is 73.8 cm³/mol. The molecule has 1 aromatic heterocycles. The van der Waals surface area contributed by atoms with Crippen molar-refractivity contribution >= 4 is 29.2 Å². The molecule has 0 radical (unpaired) electrons. The second-order valence-corrected chi connectivity index (χ2v) is 6.22. The number of rotatable bonds is 5. The van der Waals surface area contributed by atoms with Gasteiger partial charge >= 0.3 is 0 Å². The van der Waals surface area contributed by atoms with Crippen LogP contribution in [0.25, 0.3) is 0 Å². The molecule has 1 aliphatic rings. The molecule has 0 amide bonds. The molecule has 1 fully saturated rings. The van der Waals surface area contributed by atoms with Crippen LogP contribution >= 0.6 is 23.4 Å². The molecule has 2 unspecified atom stereocenters. The van der Waals surface area contributed by atoms with Crippen LogP contribution in [-0.2, 0) is 0 Å². The first-order chi connectivity index (χ1) is 8.14. The first kappa shape index (κ1) is 13.0. The van der Waals surface area contributed by atoms with Gasteiger partial charge in [0, 0.05) is 18.0 Å². The summed E-state index contributed by atoms with van der Waals surface area (Å²) in [6, 6.07) is 3.62. The molecule has 3 nitrogen and oxygen atoms in total. The molecule has 1 heterocycles. The van der Waals surface area contributed by atoms with Crippen LogP contribution in [0.2, 0.25) is 5.02 Å². The van der Waals surface area contributed by atoms with Gasteiger partial charge in [-0.2, -0.15) is 11.8 Å². The van der Waals surface area contributed by atoms with Crippen LogP contribution in [0.4, 0.5) is 5.82 Å². The van der Waals surface area contributed by atoms with E-state index in [9.17, 15) is 5.11 Å².